The van der Waals surface area contributed by atoms with Gasteiger partial charge >= 0.3 is 0 Å². The van der Waals surface area contributed by atoms with E-state index in [0.717, 1.165) is 24.8 Å². The molecule has 7 heteroatoms. The first-order valence-corrected chi connectivity index (χ1v) is 7.72. The molecule has 0 unspecified atom stereocenters. The molecule has 0 atom stereocenters. The molecule has 22 heavy (non-hydrogen) atoms. The Kier molecular flexibility index (Phi) is 4.41. The summed E-state index contributed by atoms with van der Waals surface area (Å²) in [5.74, 6) is 3.45. The highest BCUT2D eigenvalue weighted by Crippen LogP contribution is 2.16. The topological polar surface area (TPSA) is 96.3 Å². The molecule has 1 saturated heterocycles. The first kappa shape index (κ1) is 14.6. The quantitative estimate of drug-likeness (QED) is 0.661. The highest BCUT2D eigenvalue weighted by Gasteiger charge is 2.16. The largest absolute Gasteiger partial charge is 0.461 e. The Morgan fingerprint density at radius 2 is 2.32 bits per heavy atom. The number of rotatable bonds is 4. The van der Waals surface area contributed by atoms with Gasteiger partial charge in [0.2, 0.25) is 5.82 Å². The summed E-state index contributed by atoms with van der Waals surface area (Å²) in [6.07, 6.45) is 4.66. The number of aromatic nitrogens is 3. The molecule has 0 aliphatic carbocycles. The maximum Gasteiger partial charge on any atom is 0.216 e. The Morgan fingerprint density at radius 3 is 3.05 bits per heavy atom. The maximum absolute atomic E-state index is 6.06. The van der Waals surface area contributed by atoms with E-state index in [1.807, 2.05) is 12.1 Å². The number of likely N-dealkylation sites (tertiary alicyclic amines) is 1. The van der Waals surface area contributed by atoms with Crippen LogP contribution in [0, 0.1) is 5.92 Å². The Labute approximate surface area is 129 Å². The van der Waals surface area contributed by atoms with Gasteiger partial charge in [0.05, 0.1) is 6.26 Å². The third-order valence-electron chi connectivity index (χ3n) is 4.00. The van der Waals surface area contributed by atoms with Gasteiger partial charge in [-0.1, -0.05) is 6.92 Å². The van der Waals surface area contributed by atoms with Gasteiger partial charge in [0.25, 0.3) is 0 Å². The number of piperidine rings is 1. The lowest BCUT2D eigenvalue weighted by Gasteiger charge is -2.30. The van der Waals surface area contributed by atoms with E-state index in [2.05, 4.69) is 32.0 Å². The lowest BCUT2D eigenvalue weighted by atomic mass is 10.00. The Hall–Kier alpha value is -2.31. The molecule has 1 fully saturated rings. The van der Waals surface area contributed by atoms with Crippen LogP contribution in [0.2, 0.25) is 0 Å². The van der Waals surface area contributed by atoms with Crippen LogP contribution < -0.4 is 5.73 Å². The summed E-state index contributed by atoms with van der Waals surface area (Å²) < 4.78 is 5.26. The fourth-order valence-corrected chi connectivity index (χ4v) is 2.54. The molecule has 2 aromatic heterocycles. The number of hydrogen-bond acceptors (Lipinski definition) is 4. The van der Waals surface area contributed by atoms with E-state index >= 15 is 0 Å². The summed E-state index contributed by atoms with van der Waals surface area (Å²) in [4.78, 5) is 11.0. The third kappa shape index (κ3) is 3.47. The number of H-pyrrole nitrogens is 1. The SMILES string of the molecule is CC1CCN(C(N)=NCCc2nc(-c3ccco3)n[nH]2)CC1. The van der Waals surface area contributed by atoms with E-state index in [1.165, 1.54) is 12.8 Å². The monoisotopic (exact) mass is 302 g/mol. The van der Waals surface area contributed by atoms with Gasteiger partial charge in [-0.3, -0.25) is 10.1 Å². The summed E-state index contributed by atoms with van der Waals surface area (Å²) in [7, 11) is 0. The van der Waals surface area contributed by atoms with Crippen molar-refractivity contribution in [1.82, 2.24) is 20.1 Å². The van der Waals surface area contributed by atoms with E-state index in [1.54, 1.807) is 6.26 Å². The minimum atomic E-state index is 0.571. The van der Waals surface area contributed by atoms with Crippen LogP contribution in [0.3, 0.4) is 0 Å². The number of nitrogens with two attached hydrogens (primary N) is 1. The van der Waals surface area contributed by atoms with E-state index in [-0.39, 0.29) is 0 Å². The molecule has 3 heterocycles. The standard InChI is InChI=1S/C15H22N6O/c1-11-5-8-21(9-6-11)15(16)17-7-4-13-18-14(20-19-13)12-3-2-10-22-12/h2-3,10-11H,4-9H2,1H3,(H2,16,17)(H,18,19,20). The van der Waals surface area contributed by atoms with E-state index < -0.39 is 0 Å². The number of guanidine groups is 1. The van der Waals surface area contributed by atoms with Gasteiger partial charge in [-0.2, -0.15) is 5.10 Å². The fraction of sp³-hybridized carbons (Fsp3) is 0.533. The van der Waals surface area contributed by atoms with Crippen LogP contribution >= 0.6 is 0 Å². The van der Waals surface area contributed by atoms with Crippen molar-refractivity contribution < 1.29 is 4.42 Å². The van der Waals surface area contributed by atoms with Crippen molar-refractivity contribution in [1.29, 1.82) is 0 Å². The molecule has 3 rings (SSSR count). The zero-order valence-electron chi connectivity index (χ0n) is 12.8. The van der Waals surface area contributed by atoms with E-state index in [4.69, 9.17) is 10.2 Å². The number of furan rings is 1. The van der Waals surface area contributed by atoms with Crippen molar-refractivity contribution in [3.63, 3.8) is 0 Å². The third-order valence-corrected chi connectivity index (χ3v) is 4.00. The van der Waals surface area contributed by atoms with Crippen LogP contribution in [0.5, 0.6) is 0 Å². The molecular weight excluding hydrogens is 280 g/mol. The van der Waals surface area contributed by atoms with Gasteiger partial charge in [-0.15, -0.1) is 0 Å². The summed E-state index contributed by atoms with van der Waals surface area (Å²) in [5, 5.41) is 7.04. The van der Waals surface area contributed by atoms with Gasteiger partial charge in [0.15, 0.2) is 11.7 Å². The maximum atomic E-state index is 6.06. The van der Waals surface area contributed by atoms with Crippen molar-refractivity contribution in [3.8, 4) is 11.6 Å². The second-order valence-corrected chi connectivity index (χ2v) is 5.74. The smallest absolute Gasteiger partial charge is 0.216 e. The normalized spacial score (nSPS) is 17.1. The summed E-state index contributed by atoms with van der Waals surface area (Å²) in [6, 6.07) is 3.65. The minimum Gasteiger partial charge on any atom is -0.461 e. The van der Waals surface area contributed by atoms with Crippen molar-refractivity contribution in [3.05, 3.63) is 24.2 Å². The van der Waals surface area contributed by atoms with E-state index in [0.29, 0.717) is 30.5 Å². The molecular formula is C15H22N6O. The van der Waals surface area contributed by atoms with Crippen molar-refractivity contribution >= 4 is 5.96 Å². The van der Waals surface area contributed by atoms with Crippen LogP contribution in [0.4, 0.5) is 0 Å². The highest BCUT2D eigenvalue weighted by atomic mass is 16.3. The molecule has 3 N–H and O–H groups in total. The highest BCUT2D eigenvalue weighted by molar-refractivity contribution is 5.78. The van der Waals surface area contributed by atoms with Gasteiger partial charge < -0.3 is 15.1 Å². The summed E-state index contributed by atoms with van der Waals surface area (Å²) in [5.41, 5.74) is 6.06. The fourth-order valence-electron chi connectivity index (χ4n) is 2.54. The van der Waals surface area contributed by atoms with Crippen molar-refractivity contribution in [2.45, 2.75) is 26.2 Å². The van der Waals surface area contributed by atoms with Gasteiger partial charge in [-0.05, 0) is 30.9 Å². The molecule has 0 amide bonds. The van der Waals surface area contributed by atoms with Crippen LogP contribution in [-0.4, -0.2) is 45.7 Å². The van der Waals surface area contributed by atoms with Crippen molar-refractivity contribution in [2.24, 2.45) is 16.6 Å². The first-order chi connectivity index (χ1) is 10.7. The predicted octanol–water partition coefficient (Wildman–Crippen LogP) is 1.65. The molecule has 0 aromatic carbocycles. The predicted molar refractivity (Wildman–Crippen MR) is 84.2 cm³/mol. The Morgan fingerprint density at radius 1 is 1.50 bits per heavy atom. The lowest BCUT2D eigenvalue weighted by Crippen LogP contribution is -2.42. The second-order valence-electron chi connectivity index (χ2n) is 5.74. The molecule has 0 spiro atoms. The van der Waals surface area contributed by atoms with Crippen LogP contribution in [0.15, 0.2) is 27.8 Å². The first-order valence-electron chi connectivity index (χ1n) is 7.72. The zero-order valence-corrected chi connectivity index (χ0v) is 12.8. The molecule has 0 radical (unpaired) electrons. The van der Waals surface area contributed by atoms with Gasteiger partial charge in [0.1, 0.15) is 5.82 Å². The molecule has 118 valence electrons. The van der Waals surface area contributed by atoms with Crippen molar-refractivity contribution in [2.75, 3.05) is 19.6 Å². The zero-order chi connectivity index (χ0) is 15.4. The number of aromatic amines is 1. The molecule has 2 aromatic rings. The second kappa shape index (κ2) is 6.64. The van der Waals surface area contributed by atoms with Gasteiger partial charge in [0, 0.05) is 26.1 Å². The number of hydrogen-bond donors (Lipinski definition) is 2. The minimum absolute atomic E-state index is 0.571. The average Bonchev–Trinajstić information content (AvgIpc) is 3.19. The molecule has 0 saturated carbocycles. The van der Waals surface area contributed by atoms with Crippen LogP contribution in [-0.2, 0) is 6.42 Å². The van der Waals surface area contributed by atoms with Crippen LogP contribution in [0.1, 0.15) is 25.6 Å². The molecule has 7 nitrogen and oxygen atoms in total. The lowest BCUT2D eigenvalue weighted by molar-refractivity contribution is 0.277. The summed E-state index contributed by atoms with van der Waals surface area (Å²) in [6.45, 7) is 4.89. The Balaban J connectivity index is 1.51. The molecule has 0 bridgehead atoms. The Bertz CT molecular complexity index is 610. The number of nitrogens with one attached hydrogen (secondary N) is 1. The van der Waals surface area contributed by atoms with Gasteiger partial charge in [-0.25, -0.2) is 4.98 Å². The number of aliphatic imine (C=N–C) groups is 1. The number of nitrogens with zero attached hydrogens (tertiary/aromatic N) is 4. The average molecular weight is 302 g/mol. The van der Waals surface area contributed by atoms with E-state index in [9.17, 15) is 0 Å². The summed E-state index contributed by atoms with van der Waals surface area (Å²) >= 11 is 0. The molecule has 1 aliphatic rings. The van der Waals surface area contributed by atoms with Crippen LogP contribution in [0.25, 0.3) is 11.6 Å². The molecule has 1 aliphatic heterocycles.